The number of rotatable bonds is 5. The molecule has 1 fully saturated rings. The van der Waals surface area contributed by atoms with Crippen LogP contribution in [-0.4, -0.2) is 19.9 Å². The molecule has 1 aliphatic carbocycles. The molecule has 1 aliphatic rings. The highest BCUT2D eigenvalue weighted by atomic mass is 16.3. The van der Waals surface area contributed by atoms with Crippen LogP contribution in [0.5, 0.6) is 0 Å². The minimum absolute atomic E-state index is 0.00397. The lowest BCUT2D eigenvalue weighted by molar-refractivity contribution is 0.264. The van der Waals surface area contributed by atoms with E-state index >= 15 is 0 Å². The molecule has 1 saturated carbocycles. The quantitative estimate of drug-likeness (QED) is 0.803. The zero-order valence-electron chi connectivity index (χ0n) is 9.48. The lowest BCUT2D eigenvalue weighted by Crippen LogP contribution is -2.09. The van der Waals surface area contributed by atoms with Gasteiger partial charge in [-0.3, -0.25) is 0 Å². The van der Waals surface area contributed by atoms with Gasteiger partial charge in [0.2, 0.25) is 0 Å². The van der Waals surface area contributed by atoms with Gasteiger partial charge < -0.3 is 9.67 Å². The first-order valence-corrected chi connectivity index (χ1v) is 5.79. The van der Waals surface area contributed by atoms with E-state index < -0.39 is 0 Å². The molecule has 0 aromatic carbocycles. The van der Waals surface area contributed by atoms with E-state index in [9.17, 15) is 5.11 Å². The Morgan fingerprint density at radius 1 is 1.40 bits per heavy atom. The number of hydrogen-bond donors (Lipinski definition) is 1. The standard InChI is InChI=1S/C11H19N3O/c1-3-8(2)6-10-12-13-11(7-15)14(10)9-4-5-9/h8-9,15H,3-7H2,1-2H3. The first-order valence-electron chi connectivity index (χ1n) is 5.79. The van der Waals surface area contributed by atoms with Gasteiger partial charge >= 0.3 is 0 Å². The Morgan fingerprint density at radius 2 is 2.07 bits per heavy atom. The minimum Gasteiger partial charge on any atom is -0.388 e. The third kappa shape index (κ3) is 2.20. The van der Waals surface area contributed by atoms with Crippen LogP contribution in [-0.2, 0) is 13.0 Å². The fourth-order valence-electron chi connectivity index (χ4n) is 1.82. The van der Waals surface area contributed by atoms with Crippen molar-refractivity contribution in [2.45, 2.75) is 52.2 Å². The lowest BCUT2D eigenvalue weighted by Gasteiger charge is -2.10. The molecular weight excluding hydrogens is 190 g/mol. The predicted octanol–water partition coefficient (Wildman–Crippen LogP) is 1.69. The number of hydrogen-bond acceptors (Lipinski definition) is 3. The van der Waals surface area contributed by atoms with Crippen LogP contribution < -0.4 is 0 Å². The van der Waals surface area contributed by atoms with Gasteiger partial charge in [0.05, 0.1) is 0 Å². The molecule has 2 rings (SSSR count). The molecule has 1 aromatic heterocycles. The summed E-state index contributed by atoms with van der Waals surface area (Å²) in [5.41, 5.74) is 0. The highest BCUT2D eigenvalue weighted by Gasteiger charge is 2.29. The second-order valence-electron chi connectivity index (χ2n) is 4.51. The van der Waals surface area contributed by atoms with Crippen molar-refractivity contribution < 1.29 is 5.11 Å². The van der Waals surface area contributed by atoms with Gasteiger partial charge in [-0.1, -0.05) is 20.3 Å². The Kier molecular flexibility index (Phi) is 3.05. The summed E-state index contributed by atoms with van der Waals surface area (Å²) >= 11 is 0. The number of aromatic nitrogens is 3. The van der Waals surface area contributed by atoms with Gasteiger partial charge in [-0.15, -0.1) is 10.2 Å². The number of aliphatic hydroxyl groups is 1. The molecule has 4 heteroatoms. The molecule has 1 unspecified atom stereocenters. The van der Waals surface area contributed by atoms with Crippen molar-refractivity contribution in [2.24, 2.45) is 5.92 Å². The van der Waals surface area contributed by atoms with Crippen molar-refractivity contribution >= 4 is 0 Å². The normalized spacial score (nSPS) is 18.1. The van der Waals surface area contributed by atoms with Crippen molar-refractivity contribution in [1.29, 1.82) is 0 Å². The molecule has 1 atom stereocenters. The molecule has 1 heterocycles. The molecular formula is C11H19N3O. The molecule has 0 amide bonds. The van der Waals surface area contributed by atoms with Crippen LogP contribution in [0.25, 0.3) is 0 Å². The maximum atomic E-state index is 9.18. The molecule has 4 nitrogen and oxygen atoms in total. The van der Waals surface area contributed by atoms with Gasteiger partial charge in [-0.2, -0.15) is 0 Å². The molecule has 0 spiro atoms. The van der Waals surface area contributed by atoms with Gasteiger partial charge in [-0.05, 0) is 18.8 Å². The summed E-state index contributed by atoms with van der Waals surface area (Å²) in [6.07, 6.45) is 4.54. The molecule has 0 radical (unpaired) electrons. The lowest BCUT2D eigenvalue weighted by atomic mass is 10.1. The third-order valence-electron chi connectivity index (χ3n) is 3.12. The van der Waals surface area contributed by atoms with Crippen molar-refractivity contribution in [3.63, 3.8) is 0 Å². The first kappa shape index (κ1) is 10.6. The highest BCUT2D eigenvalue weighted by Crippen LogP contribution is 2.37. The van der Waals surface area contributed by atoms with Gasteiger partial charge in [0, 0.05) is 12.5 Å². The zero-order valence-corrected chi connectivity index (χ0v) is 9.48. The van der Waals surface area contributed by atoms with Crippen molar-refractivity contribution in [1.82, 2.24) is 14.8 Å². The third-order valence-corrected chi connectivity index (χ3v) is 3.12. The maximum Gasteiger partial charge on any atom is 0.159 e. The van der Waals surface area contributed by atoms with Crippen molar-refractivity contribution in [3.8, 4) is 0 Å². The average molecular weight is 209 g/mol. The van der Waals surface area contributed by atoms with Crippen LogP contribution in [0.2, 0.25) is 0 Å². The Balaban J connectivity index is 2.18. The molecule has 15 heavy (non-hydrogen) atoms. The molecule has 0 aliphatic heterocycles. The number of aliphatic hydroxyl groups excluding tert-OH is 1. The van der Waals surface area contributed by atoms with Crippen LogP contribution in [0.15, 0.2) is 0 Å². The fourth-order valence-corrected chi connectivity index (χ4v) is 1.82. The summed E-state index contributed by atoms with van der Waals surface area (Å²) < 4.78 is 2.14. The van der Waals surface area contributed by atoms with Crippen LogP contribution in [0.4, 0.5) is 0 Å². The van der Waals surface area contributed by atoms with Gasteiger partial charge in [0.1, 0.15) is 12.4 Å². The first-order chi connectivity index (χ1) is 7.26. The van der Waals surface area contributed by atoms with E-state index in [1.54, 1.807) is 0 Å². The largest absolute Gasteiger partial charge is 0.388 e. The monoisotopic (exact) mass is 209 g/mol. The summed E-state index contributed by atoms with van der Waals surface area (Å²) in [4.78, 5) is 0. The molecule has 84 valence electrons. The van der Waals surface area contributed by atoms with Gasteiger partial charge in [-0.25, -0.2) is 0 Å². The van der Waals surface area contributed by atoms with Crippen LogP contribution >= 0.6 is 0 Å². The fraction of sp³-hybridized carbons (Fsp3) is 0.818. The summed E-state index contributed by atoms with van der Waals surface area (Å²) in [5, 5.41) is 17.4. The van der Waals surface area contributed by atoms with Gasteiger partial charge in [0.25, 0.3) is 0 Å². The maximum absolute atomic E-state index is 9.18. The summed E-state index contributed by atoms with van der Waals surface area (Å²) in [6.45, 7) is 4.42. The van der Waals surface area contributed by atoms with Crippen LogP contribution in [0.3, 0.4) is 0 Å². The van der Waals surface area contributed by atoms with E-state index in [0.717, 1.165) is 24.5 Å². The van der Waals surface area contributed by atoms with E-state index in [-0.39, 0.29) is 6.61 Å². The smallest absolute Gasteiger partial charge is 0.159 e. The predicted molar refractivity (Wildman–Crippen MR) is 57.4 cm³/mol. The Morgan fingerprint density at radius 3 is 2.60 bits per heavy atom. The molecule has 1 N–H and O–H groups in total. The minimum atomic E-state index is 0.00397. The summed E-state index contributed by atoms with van der Waals surface area (Å²) in [7, 11) is 0. The Bertz CT molecular complexity index is 331. The van der Waals surface area contributed by atoms with E-state index in [0.29, 0.717) is 12.0 Å². The summed E-state index contributed by atoms with van der Waals surface area (Å²) in [5.74, 6) is 2.42. The van der Waals surface area contributed by atoms with Gasteiger partial charge in [0.15, 0.2) is 5.82 Å². The van der Waals surface area contributed by atoms with E-state index in [2.05, 4.69) is 28.6 Å². The van der Waals surface area contributed by atoms with Crippen LogP contribution in [0.1, 0.15) is 50.8 Å². The Labute approximate surface area is 90.3 Å². The van der Waals surface area contributed by atoms with Crippen molar-refractivity contribution in [3.05, 3.63) is 11.6 Å². The average Bonchev–Trinajstić information content (AvgIpc) is 3.00. The van der Waals surface area contributed by atoms with E-state index in [1.165, 1.54) is 12.8 Å². The second kappa shape index (κ2) is 4.31. The van der Waals surface area contributed by atoms with E-state index in [4.69, 9.17) is 0 Å². The van der Waals surface area contributed by atoms with Crippen LogP contribution in [0, 0.1) is 5.92 Å². The molecule has 1 aromatic rings. The zero-order chi connectivity index (χ0) is 10.8. The highest BCUT2D eigenvalue weighted by molar-refractivity contribution is 5.02. The molecule has 0 saturated heterocycles. The summed E-state index contributed by atoms with van der Waals surface area (Å²) in [6, 6.07) is 0.557. The molecule has 0 bridgehead atoms. The van der Waals surface area contributed by atoms with E-state index in [1.807, 2.05) is 0 Å². The second-order valence-corrected chi connectivity index (χ2v) is 4.51. The topological polar surface area (TPSA) is 50.9 Å². The van der Waals surface area contributed by atoms with Crippen molar-refractivity contribution in [2.75, 3.05) is 0 Å². The SMILES string of the molecule is CCC(C)Cc1nnc(CO)n1C1CC1. The number of nitrogens with zero attached hydrogens (tertiary/aromatic N) is 3. The Hall–Kier alpha value is -0.900.